The van der Waals surface area contributed by atoms with Crippen molar-refractivity contribution in [3.8, 4) is 0 Å². The molecule has 0 aromatic carbocycles. The van der Waals surface area contributed by atoms with E-state index in [-0.39, 0.29) is 5.91 Å². The lowest BCUT2D eigenvalue weighted by atomic mass is 10.1. The number of rotatable bonds is 9. The zero-order chi connectivity index (χ0) is 13.9. The zero-order valence-corrected chi connectivity index (χ0v) is 11.6. The summed E-state index contributed by atoms with van der Waals surface area (Å²) in [4.78, 5) is 15.9. The van der Waals surface area contributed by atoms with Gasteiger partial charge >= 0.3 is 0 Å². The second kappa shape index (κ2) is 9.33. The molecule has 1 amide bonds. The number of pyridine rings is 1. The third-order valence-electron chi connectivity index (χ3n) is 3.00. The molecule has 0 saturated carbocycles. The predicted molar refractivity (Wildman–Crippen MR) is 77.8 cm³/mol. The Morgan fingerprint density at radius 3 is 2.74 bits per heavy atom. The van der Waals surface area contributed by atoms with Crippen LogP contribution >= 0.6 is 0 Å². The number of aromatic nitrogens is 1. The highest BCUT2D eigenvalue weighted by molar-refractivity contribution is 5.98. The molecule has 1 rings (SSSR count). The van der Waals surface area contributed by atoms with Crippen LogP contribution in [0.5, 0.6) is 0 Å². The molecule has 0 atom stereocenters. The van der Waals surface area contributed by atoms with Crippen LogP contribution in [0.2, 0.25) is 0 Å². The molecule has 0 saturated heterocycles. The third-order valence-corrected chi connectivity index (χ3v) is 3.00. The van der Waals surface area contributed by atoms with E-state index < -0.39 is 0 Å². The second-order valence-corrected chi connectivity index (χ2v) is 4.57. The summed E-state index contributed by atoms with van der Waals surface area (Å²) in [6.45, 7) is 2.90. The molecule has 0 fully saturated rings. The Morgan fingerprint density at radius 2 is 2.00 bits per heavy atom. The van der Waals surface area contributed by atoms with Gasteiger partial charge in [0.25, 0.3) is 5.91 Å². The number of hydrazine groups is 1. The van der Waals surface area contributed by atoms with Gasteiger partial charge in [-0.2, -0.15) is 0 Å². The average molecular weight is 264 g/mol. The van der Waals surface area contributed by atoms with Crippen LogP contribution in [0.25, 0.3) is 0 Å². The lowest BCUT2D eigenvalue weighted by Crippen LogP contribution is -2.26. The molecule has 1 heterocycles. The van der Waals surface area contributed by atoms with Gasteiger partial charge < -0.3 is 10.7 Å². The van der Waals surface area contributed by atoms with Crippen LogP contribution in [0.15, 0.2) is 18.3 Å². The van der Waals surface area contributed by atoms with Crippen molar-refractivity contribution in [2.24, 2.45) is 5.84 Å². The lowest BCUT2D eigenvalue weighted by Gasteiger charge is -2.08. The van der Waals surface area contributed by atoms with E-state index in [9.17, 15) is 4.79 Å². The minimum atomic E-state index is -0.130. The summed E-state index contributed by atoms with van der Waals surface area (Å²) in [5, 5.41) is 2.89. The van der Waals surface area contributed by atoms with Crippen molar-refractivity contribution in [1.82, 2.24) is 10.3 Å². The normalized spacial score (nSPS) is 10.2. The molecule has 0 bridgehead atoms. The highest BCUT2D eigenvalue weighted by atomic mass is 16.1. The summed E-state index contributed by atoms with van der Waals surface area (Å²) in [5.41, 5.74) is 2.91. The highest BCUT2D eigenvalue weighted by Gasteiger charge is 2.10. The molecule has 5 nitrogen and oxygen atoms in total. The van der Waals surface area contributed by atoms with E-state index >= 15 is 0 Å². The number of nitrogens with one attached hydrogen (secondary N) is 2. The molecule has 0 aliphatic carbocycles. The van der Waals surface area contributed by atoms with Gasteiger partial charge in [-0.15, -0.1) is 0 Å². The van der Waals surface area contributed by atoms with Crippen LogP contribution in [0.4, 0.5) is 5.82 Å². The van der Waals surface area contributed by atoms with E-state index in [1.807, 2.05) is 0 Å². The SMILES string of the molecule is CCCCCCCCNC(=O)c1cccnc1NN. The maximum atomic E-state index is 11.9. The molecule has 4 N–H and O–H groups in total. The maximum absolute atomic E-state index is 11.9. The van der Waals surface area contributed by atoms with E-state index in [1.54, 1.807) is 18.3 Å². The van der Waals surface area contributed by atoms with Gasteiger partial charge in [-0.25, -0.2) is 10.8 Å². The van der Waals surface area contributed by atoms with Crippen molar-refractivity contribution in [2.75, 3.05) is 12.0 Å². The van der Waals surface area contributed by atoms with Gasteiger partial charge in [0.2, 0.25) is 0 Å². The Bertz CT molecular complexity index is 381. The summed E-state index contributed by atoms with van der Waals surface area (Å²) in [6.07, 6.45) is 8.86. The van der Waals surface area contributed by atoms with Crippen molar-refractivity contribution in [1.29, 1.82) is 0 Å². The zero-order valence-electron chi connectivity index (χ0n) is 11.6. The molecule has 106 valence electrons. The van der Waals surface area contributed by atoms with Crippen molar-refractivity contribution >= 4 is 11.7 Å². The van der Waals surface area contributed by atoms with Crippen molar-refractivity contribution in [3.63, 3.8) is 0 Å². The van der Waals surface area contributed by atoms with E-state index in [0.717, 1.165) is 12.8 Å². The number of hydrogen-bond acceptors (Lipinski definition) is 4. The molecular weight excluding hydrogens is 240 g/mol. The minimum absolute atomic E-state index is 0.130. The van der Waals surface area contributed by atoms with Crippen molar-refractivity contribution < 1.29 is 4.79 Å². The van der Waals surface area contributed by atoms with Gasteiger partial charge in [0.1, 0.15) is 0 Å². The van der Waals surface area contributed by atoms with E-state index in [1.165, 1.54) is 25.7 Å². The molecule has 0 spiro atoms. The molecule has 5 heteroatoms. The number of carbonyl (C=O) groups is 1. The van der Waals surface area contributed by atoms with Crippen LogP contribution in [0.3, 0.4) is 0 Å². The van der Waals surface area contributed by atoms with Crippen LogP contribution in [0.1, 0.15) is 55.8 Å². The van der Waals surface area contributed by atoms with Crippen LogP contribution in [0, 0.1) is 0 Å². The Hall–Kier alpha value is -1.62. The number of nitrogens with two attached hydrogens (primary N) is 1. The van der Waals surface area contributed by atoms with Crippen LogP contribution in [-0.2, 0) is 0 Å². The minimum Gasteiger partial charge on any atom is -0.352 e. The number of carbonyl (C=O) groups excluding carboxylic acids is 1. The third kappa shape index (κ3) is 5.70. The molecule has 19 heavy (non-hydrogen) atoms. The Morgan fingerprint density at radius 1 is 1.26 bits per heavy atom. The smallest absolute Gasteiger partial charge is 0.255 e. The first-order valence-electron chi connectivity index (χ1n) is 6.99. The number of nitrogen functional groups attached to an aromatic ring is 1. The molecule has 0 aliphatic heterocycles. The number of amides is 1. The fourth-order valence-electron chi connectivity index (χ4n) is 1.91. The monoisotopic (exact) mass is 264 g/mol. The van der Waals surface area contributed by atoms with E-state index in [4.69, 9.17) is 5.84 Å². The summed E-state index contributed by atoms with van der Waals surface area (Å²) in [7, 11) is 0. The fourth-order valence-corrected chi connectivity index (χ4v) is 1.91. The van der Waals surface area contributed by atoms with Crippen molar-refractivity contribution in [2.45, 2.75) is 45.4 Å². The van der Waals surface area contributed by atoms with Gasteiger partial charge in [0.05, 0.1) is 5.56 Å². The summed E-state index contributed by atoms with van der Waals surface area (Å²) < 4.78 is 0. The van der Waals surface area contributed by atoms with Gasteiger partial charge in [0.15, 0.2) is 5.82 Å². The topological polar surface area (TPSA) is 80.0 Å². The highest BCUT2D eigenvalue weighted by Crippen LogP contribution is 2.09. The van der Waals surface area contributed by atoms with Crippen molar-refractivity contribution in [3.05, 3.63) is 23.9 Å². The number of hydrogen-bond donors (Lipinski definition) is 3. The molecular formula is C14H24N4O. The Kier molecular flexibility index (Phi) is 7.58. The molecule has 0 aliphatic rings. The van der Waals surface area contributed by atoms with Gasteiger partial charge in [-0.1, -0.05) is 39.0 Å². The Balaban J connectivity index is 2.24. The van der Waals surface area contributed by atoms with Crippen LogP contribution in [-0.4, -0.2) is 17.4 Å². The largest absolute Gasteiger partial charge is 0.352 e. The average Bonchev–Trinajstić information content (AvgIpc) is 2.46. The summed E-state index contributed by atoms with van der Waals surface area (Å²) in [6, 6.07) is 3.43. The molecule has 1 aromatic heterocycles. The molecule has 0 radical (unpaired) electrons. The Labute approximate surface area is 115 Å². The van der Waals surface area contributed by atoms with Gasteiger partial charge in [-0.3, -0.25) is 4.79 Å². The van der Waals surface area contributed by atoms with Gasteiger partial charge in [-0.05, 0) is 18.6 Å². The van der Waals surface area contributed by atoms with E-state index in [0.29, 0.717) is 17.9 Å². The lowest BCUT2D eigenvalue weighted by molar-refractivity contribution is 0.0953. The quantitative estimate of drug-likeness (QED) is 0.363. The molecule has 0 unspecified atom stereocenters. The van der Waals surface area contributed by atoms with E-state index in [2.05, 4.69) is 22.7 Å². The first-order chi connectivity index (χ1) is 9.29. The number of nitrogens with zero attached hydrogens (tertiary/aromatic N) is 1. The number of unbranched alkanes of at least 4 members (excludes halogenated alkanes) is 5. The first-order valence-corrected chi connectivity index (χ1v) is 6.99. The van der Waals surface area contributed by atoms with Crippen LogP contribution < -0.4 is 16.6 Å². The maximum Gasteiger partial charge on any atom is 0.255 e. The molecule has 1 aromatic rings. The standard InChI is InChI=1S/C14H24N4O/c1-2-3-4-5-6-7-10-17-14(19)12-9-8-11-16-13(12)18-15/h8-9,11H,2-7,10,15H2,1H3,(H,16,18)(H,17,19). The fraction of sp³-hybridized carbons (Fsp3) is 0.571. The number of anilines is 1. The first kappa shape index (κ1) is 15.4. The predicted octanol–water partition coefficient (Wildman–Crippen LogP) is 2.46. The second-order valence-electron chi connectivity index (χ2n) is 4.57. The van der Waals surface area contributed by atoms with Gasteiger partial charge in [0, 0.05) is 12.7 Å². The summed E-state index contributed by atoms with van der Waals surface area (Å²) >= 11 is 0. The summed E-state index contributed by atoms with van der Waals surface area (Å²) in [5.74, 6) is 5.59.